The van der Waals surface area contributed by atoms with Crippen LogP contribution >= 0.6 is 11.9 Å². The molecule has 0 heterocycles. The van der Waals surface area contributed by atoms with Gasteiger partial charge < -0.3 is 25.2 Å². The van der Waals surface area contributed by atoms with Gasteiger partial charge in [-0.15, -0.1) is 0 Å². The van der Waals surface area contributed by atoms with Crippen molar-refractivity contribution in [1.82, 2.24) is 0 Å². The van der Waals surface area contributed by atoms with Crippen LogP contribution in [0.15, 0.2) is 47.4 Å². The number of rotatable bonds is 11. The van der Waals surface area contributed by atoms with Gasteiger partial charge in [0.1, 0.15) is 5.75 Å². The second kappa shape index (κ2) is 13.8. The fraction of sp³-hybridized carbons (Fsp3) is 0.381. The number of amides is 1. The summed E-state index contributed by atoms with van der Waals surface area (Å²) in [5.74, 6) is 0.633. The summed E-state index contributed by atoms with van der Waals surface area (Å²) >= 11 is 0.985. The molecule has 7 nitrogen and oxygen atoms in total. The molecular weight excluding hydrogens is 390 g/mol. The number of carbonyl (C=O) groups is 1. The number of aliphatic hydroxyl groups is 1. The van der Waals surface area contributed by atoms with Gasteiger partial charge in [-0.2, -0.15) is 0 Å². The molecule has 0 aliphatic rings. The van der Waals surface area contributed by atoms with E-state index in [4.69, 9.17) is 20.3 Å². The molecule has 5 N–H and O–H groups in total. The van der Waals surface area contributed by atoms with Gasteiger partial charge in [0, 0.05) is 32.4 Å². The van der Waals surface area contributed by atoms with Crippen LogP contribution in [0, 0.1) is 0 Å². The quantitative estimate of drug-likeness (QED) is 0.477. The molecule has 2 aromatic rings. The molecule has 0 aliphatic heterocycles. The maximum atomic E-state index is 11.8. The van der Waals surface area contributed by atoms with Crippen LogP contribution in [0.25, 0.3) is 0 Å². The standard InChI is InChI=1S/C19H25N3O4S.C2H6/c1-25-11-9-22(8-5-10-23)16-12-14(19(20)24)13-17(27-21)18(16)26-15-6-3-2-4-7-15;1-2/h2-4,6-7,12-13,23H,5,8-11,21H2,1H3,(H2,20,24);1-2H3. The number of methoxy groups -OCH3 is 1. The van der Waals surface area contributed by atoms with E-state index < -0.39 is 5.91 Å². The van der Waals surface area contributed by atoms with Crippen LogP contribution < -0.4 is 20.5 Å². The fourth-order valence-electron chi connectivity index (χ4n) is 2.58. The van der Waals surface area contributed by atoms with Crippen molar-refractivity contribution in [2.75, 3.05) is 38.3 Å². The summed E-state index contributed by atoms with van der Waals surface area (Å²) in [6.45, 7) is 5.63. The topological polar surface area (TPSA) is 111 Å². The number of carbonyl (C=O) groups excluding carboxylic acids is 1. The SMILES string of the molecule is CC.COCCN(CCCO)c1cc(C(N)=O)cc(SN)c1Oc1ccccc1. The van der Waals surface area contributed by atoms with Crippen molar-refractivity contribution in [3.8, 4) is 11.5 Å². The number of hydrogen-bond acceptors (Lipinski definition) is 7. The average Bonchev–Trinajstić information content (AvgIpc) is 2.76. The number of primary amides is 1. The van der Waals surface area contributed by atoms with E-state index in [-0.39, 0.29) is 6.61 Å². The molecule has 0 saturated carbocycles. The summed E-state index contributed by atoms with van der Waals surface area (Å²) in [5, 5.41) is 15.1. The first-order chi connectivity index (χ1) is 14.1. The van der Waals surface area contributed by atoms with E-state index in [0.29, 0.717) is 53.8 Å². The Kier molecular flexibility index (Phi) is 11.8. The van der Waals surface area contributed by atoms with E-state index in [9.17, 15) is 9.90 Å². The van der Waals surface area contributed by atoms with Gasteiger partial charge in [0.25, 0.3) is 0 Å². The lowest BCUT2D eigenvalue weighted by molar-refractivity contribution is 0.1000. The van der Waals surface area contributed by atoms with Crippen LogP contribution in [0.2, 0.25) is 0 Å². The minimum absolute atomic E-state index is 0.0480. The number of hydrogen-bond donors (Lipinski definition) is 3. The minimum Gasteiger partial charge on any atom is -0.454 e. The third kappa shape index (κ3) is 7.58. The second-order valence-corrected chi connectivity index (χ2v) is 6.45. The zero-order valence-electron chi connectivity index (χ0n) is 17.3. The number of nitrogens with zero attached hydrogens (tertiary/aromatic N) is 1. The van der Waals surface area contributed by atoms with Crippen LogP contribution in [0.3, 0.4) is 0 Å². The minimum atomic E-state index is -0.549. The number of nitrogens with two attached hydrogens (primary N) is 2. The Balaban J connectivity index is 0.00000204. The predicted octanol–water partition coefficient (Wildman–Crippen LogP) is 3.41. The van der Waals surface area contributed by atoms with Crippen LogP contribution in [0.1, 0.15) is 30.6 Å². The molecule has 0 fully saturated rings. The van der Waals surface area contributed by atoms with Gasteiger partial charge in [-0.25, -0.2) is 0 Å². The third-order valence-corrected chi connectivity index (χ3v) is 4.46. The molecule has 160 valence electrons. The molecule has 2 aromatic carbocycles. The van der Waals surface area contributed by atoms with Crippen molar-refractivity contribution in [2.24, 2.45) is 10.9 Å². The summed E-state index contributed by atoms with van der Waals surface area (Å²) < 4.78 is 11.3. The van der Waals surface area contributed by atoms with Crippen molar-refractivity contribution in [3.05, 3.63) is 48.0 Å². The summed E-state index contributed by atoms with van der Waals surface area (Å²) in [4.78, 5) is 14.4. The predicted molar refractivity (Wildman–Crippen MR) is 119 cm³/mol. The first-order valence-electron chi connectivity index (χ1n) is 9.53. The third-order valence-electron chi connectivity index (χ3n) is 3.90. The van der Waals surface area contributed by atoms with Gasteiger partial charge in [-0.1, -0.05) is 32.0 Å². The smallest absolute Gasteiger partial charge is 0.248 e. The van der Waals surface area contributed by atoms with Crippen molar-refractivity contribution in [1.29, 1.82) is 0 Å². The molecular formula is C21H31N3O4S. The number of benzene rings is 2. The van der Waals surface area contributed by atoms with E-state index >= 15 is 0 Å². The molecule has 0 radical (unpaired) electrons. The van der Waals surface area contributed by atoms with E-state index in [1.165, 1.54) is 0 Å². The number of ether oxygens (including phenoxy) is 2. The largest absolute Gasteiger partial charge is 0.454 e. The van der Waals surface area contributed by atoms with Gasteiger partial charge in [0.2, 0.25) is 5.91 Å². The zero-order chi connectivity index (χ0) is 21.6. The average molecular weight is 422 g/mol. The van der Waals surface area contributed by atoms with Crippen molar-refractivity contribution >= 4 is 23.5 Å². The summed E-state index contributed by atoms with van der Waals surface area (Å²) in [7, 11) is 1.62. The highest BCUT2D eigenvalue weighted by Crippen LogP contribution is 2.40. The molecule has 8 heteroatoms. The van der Waals surface area contributed by atoms with Crippen LogP contribution in [-0.2, 0) is 4.74 Å². The van der Waals surface area contributed by atoms with Crippen LogP contribution in [0.4, 0.5) is 5.69 Å². The number of aliphatic hydroxyl groups excluding tert-OH is 1. The Hall–Kier alpha value is -2.26. The molecule has 0 unspecified atom stereocenters. The van der Waals surface area contributed by atoms with Gasteiger partial charge in [0.05, 0.1) is 17.2 Å². The van der Waals surface area contributed by atoms with Crippen molar-refractivity contribution in [2.45, 2.75) is 25.2 Å². The first-order valence-corrected chi connectivity index (χ1v) is 10.4. The Morgan fingerprint density at radius 1 is 1.17 bits per heavy atom. The summed E-state index contributed by atoms with van der Waals surface area (Å²) in [6.07, 6.45) is 0.556. The molecule has 2 rings (SSSR count). The first kappa shape index (κ1) is 24.8. The van der Waals surface area contributed by atoms with E-state index in [2.05, 4.69) is 0 Å². The summed E-state index contributed by atoms with van der Waals surface area (Å²) in [6, 6.07) is 12.6. The monoisotopic (exact) mass is 421 g/mol. The Bertz CT molecular complexity index is 736. The lowest BCUT2D eigenvalue weighted by atomic mass is 10.1. The fourth-order valence-corrected chi connectivity index (χ4v) is 3.03. The van der Waals surface area contributed by atoms with Crippen LogP contribution in [-0.4, -0.2) is 44.4 Å². The van der Waals surface area contributed by atoms with Gasteiger partial charge >= 0.3 is 0 Å². The second-order valence-electron chi connectivity index (χ2n) is 5.78. The lowest BCUT2D eigenvalue weighted by Gasteiger charge is -2.28. The Morgan fingerprint density at radius 3 is 2.41 bits per heavy atom. The molecule has 0 atom stereocenters. The Morgan fingerprint density at radius 2 is 1.86 bits per heavy atom. The zero-order valence-corrected chi connectivity index (χ0v) is 18.1. The van der Waals surface area contributed by atoms with E-state index in [1.54, 1.807) is 19.2 Å². The van der Waals surface area contributed by atoms with E-state index in [1.807, 2.05) is 49.1 Å². The maximum Gasteiger partial charge on any atom is 0.248 e. The highest BCUT2D eigenvalue weighted by atomic mass is 32.2. The lowest BCUT2D eigenvalue weighted by Crippen LogP contribution is -2.30. The van der Waals surface area contributed by atoms with E-state index in [0.717, 1.165) is 11.9 Å². The maximum absolute atomic E-state index is 11.8. The molecule has 0 aromatic heterocycles. The molecule has 0 spiro atoms. The number of para-hydroxylation sites is 1. The van der Waals surface area contributed by atoms with Crippen LogP contribution in [0.5, 0.6) is 11.5 Å². The van der Waals surface area contributed by atoms with Crippen molar-refractivity contribution < 1.29 is 19.4 Å². The van der Waals surface area contributed by atoms with Crippen molar-refractivity contribution in [3.63, 3.8) is 0 Å². The highest BCUT2D eigenvalue weighted by Gasteiger charge is 2.20. The summed E-state index contributed by atoms with van der Waals surface area (Å²) in [5.41, 5.74) is 6.51. The molecule has 1 amide bonds. The van der Waals surface area contributed by atoms with Gasteiger partial charge in [-0.05, 0) is 42.6 Å². The molecule has 29 heavy (non-hydrogen) atoms. The Labute approximate surface area is 177 Å². The highest BCUT2D eigenvalue weighted by molar-refractivity contribution is 7.97. The normalized spacial score (nSPS) is 10.1. The van der Waals surface area contributed by atoms with Gasteiger partial charge in [0.15, 0.2) is 5.75 Å². The van der Waals surface area contributed by atoms with Gasteiger partial charge in [-0.3, -0.25) is 9.93 Å². The molecule has 0 bridgehead atoms. The number of anilines is 1. The molecule has 0 saturated heterocycles. The molecule has 0 aliphatic carbocycles.